The molecule has 0 bridgehead atoms. The van der Waals surface area contributed by atoms with Crippen LogP contribution >= 0.6 is 11.8 Å². The molecular formula is C26H43NO3S. The summed E-state index contributed by atoms with van der Waals surface area (Å²) in [5, 5.41) is 21.1. The first kappa shape index (κ1) is 24.9. The third-order valence-electron chi connectivity index (χ3n) is 7.39. The minimum atomic E-state index is -0.642. The van der Waals surface area contributed by atoms with E-state index in [0.717, 1.165) is 69.5 Å². The highest BCUT2D eigenvalue weighted by molar-refractivity contribution is 7.99. The van der Waals surface area contributed by atoms with Crippen LogP contribution in [0.3, 0.4) is 0 Å². The summed E-state index contributed by atoms with van der Waals surface area (Å²) in [6.45, 7) is 5.96. The van der Waals surface area contributed by atoms with Crippen LogP contribution in [0.5, 0.6) is 0 Å². The van der Waals surface area contributed by atoms with Gasteiger partial charge in [-0.25, -0.2) is 0 Å². The monoisotopic (exact) mass is 449 g/mol. The van der Waals surface area contributed by atoms with Crippen LogP contribution in [0.1, 0.15) is 78.1 Å². The van der Waals surface area contributed by atoms with Crippen molar-refractivity contribution in [2.24, 2.45) is 17.8 Å². The fourth-order valence-corrected chi connectivity index (χ4v) is 6.45. The van der Waals surface area contributed by atoms with E-state index in [2.05, 4.69) is 25.2 Å². The Morgan fingerprint density at radius 2 is 2.10 bits per heavy atom. The number of carbonyl (C=O) groups is 1. The largest absolute Gasteiger partial charge is 0.392 e. The van der Waals surface area contributed by atoms with E-state index >= 15 is 0 Å². The zero-order valence-electron chi connectivity index (χ0n) is 19.6. The molecule has 0 aromatic carbocycles. The molecule has 3 aliphatic rings. The number of piperidine rings is 1. The Kier molecular flexibility index (Phi) is 9.54. The van der Waals surface area contributed by atoms with E-state index in [1.165, 1.54) is 12.0 Å². The van der Waals surface area contributed by atoms with E-state index in [0.29, 0.717) is 30.6 Å². The molecule has 1 aliphatic heterocycles. The molecule has 1 saturated heterocycles. The Hall–Kier alpha value is -0.780. The van der Waals surface area contributed by atoms with Gasteiger partial charge in [-0.3, -0.25) is 4.79 Å². The number of amides is 1. The Morgan fingerprint density at radius 1 is 1.32 bits per heavy atom. The number of unbranched alkanes of at least 4 members (excludes halogenated alkanes) is 1. The Morgan fingerprint density at radius 3 is 2.84 bits per heavy atom. The van der Waals surface area contributed by atoms with Gasteiger partial charge in [0.05, 0.1) is 11.7 Å². The van der Waals surface area contributed by atoms with Crippen molar-refractivity contribution in [1.29, 1.82) is 0 Å². The van der Waals surface area contributed by atoms with Crippen LogP contribution in [-0.4, -0.2) is 57.3 Å². The number of hydrogen-bond acceptors (Lipinski definition) is 4. The van der Waals surface area contributed by atoms with Gasteiger partial charge < -0.3 is 15.1 Å². The zero-order chi connectivity index (χ0) is 22.3. The molecule has 5 atom stereocenters. The average molecular weight is 450 g/mol. The lowest BCUT2D eigenvalue weighted by atomic mass is 9.88. The molecule has 0 radical (unpaired) electrons. The van der Waals surface area contributed by atoms with Crippen molar-refractivity contribution in [2.45, 2.75) is 89.8 Å². The third-order valence-corrected chi connectivity index (χ3v) is 8.46. The number of carbonyl (C=O) groups excluding carboxylic acids is 1. The summed E-state index contributed by atoms with van der Waals surface area (Å²) in [5.74, 6) is 3.42. The van der Waals surface area contributed by atoms with Crippen LogP contribution in [0.15, 0.2) is 23.8 Å². The number of likely N-dealkylation sites (tertiary alicyclic amines) is 1. The molecule has 0 aromatic rings. The van der Waals surface area contributed by atoms with Crippen LogP contribution in [-0.2, 0) is 4.79 Å². The maximum Gasteiger partial charge on any atom is 0.223 e. The van der Waals surface area contributed by atoms with Crippen molar-refractivity contribution in [1.82, 2.24) is 4.90 Å². The van der Waals surface area contributed by atoms with E-state index in [9.17, 15) is 15.0 Å². The van der Waals surface area contributed by atoms with Gasteiger partial charge in [0, 0.05) is 36.9 Å². The standard InChI is InChI=1S/C26H43NO3S/c1-3-4-11-26(2,30)12-8-9-22-23-17-20(16-21(23)18-24(22)28)19-31-15-10-25(29)27-13-6-5-7-14-27/h8-9,16,21-24,28,30H,3-7,10-15,17-19H2,1-2H3/b9-8+/t21-,22+,23-,24+,26-/m0/s1. The second-order valence-corrected chi connectivity index (χ2v) is 11.3. The fourth-order valence-electron chi connectivity index (χ4n) is 5.52. The van der Waals surface area contributed by atoms with E-state index < -0.39 is 5.60 Å². The lowest BCUT2D eigenvalue weighted by Crippen LogP contribution is -2.35. The number of rotatable bonds is 11. The van der Waals surface area contributed by atoms with Crippen molar-refractivity contribution in [2.75, 3.05) is 24.6 Å². The normalized spacial score (nSPS) is 30.5. The van der Waals surface area contributed by atoms with Crippen LogP contribution in [0.2, 0.25) is 0 Å². The van der Waals surface area contributed by atoms with E-state index in [1.54, 1.807) is 0 Å². The van der Waals surface area contributed by atoms with Gasteiger partial charge in [-0.1, -0.05) is 43.6 Å². The van der Waals surface area contributed by atoms with Gasteiger partial charge in [-0.2, -0.15) is 11.8 Å². The number of allylic oxidation sites excluding steroid dienone is 1. The number of aliphatic hydroxyl groups is 2. The molecule has 4 nitrogen and oxygen atoms in total. The Balaban J connectivity index is 1.39. The molecule has 176 valence electrons. The number of nitrogens with zero attached hydrogens (tertiary/aromatic N) is 1. The van der Waals surface area contributed by atoms with Gasteiger partial charge in [0.15, 0.2) is 0 Å². The maximum atomic E-state index is 12.3. The number of thioether (sulfide) groups is 1. The van der Waals surface area contributed by atoms with Crippen LogP contribution < -0.4 is 0 Å². The summed E-state index contributed by atoms with van der Waals surface area (Å²) in [4.78, 5) is 14.3. The maximum absolute atomic E-state index is 12.3. The van der Waals surface area contributed by atoms with Crippen molar-refractivity contribution in [3.63, 3.8) is 0 Å². The molecule has 2 N–H and O–H groups in total. The van der Waals surface area contributed by atoms with Gasteiger partial charge in [0.1, 0.15) is 0 Å². The Bertz CT molecular complexity index is 639. The third kappa shape index (κ3) is 7.36. The van der Waals surface area contributed by atoms with Crippen LogP contribution in [0.25, 0.3) is 0 Å². The Labute approximate surface area is 193 Å². The predicted molar refractivity (Wildman–Crippen MR) is 130 cm³/mol. The van der Waals surface area contributed by atoms with Crippen molar-refractivity contribution in [3.8, 4) is 0 Å². The molecule has 2 aliphatic carbocycles. The quantitative estimate of drug-likeness (QED) is 0.346. The van der Waals surface area contributed by atoms with E-state index in [-0.39, 0.29) is 12.0 Å². The summed E-state index contributed by atoms with van der Waals surface area (Å²) >= 11 is 1.88. The molecular weight excluding hydrogens is 406 g/mol. The highest BCUT2D eigenvalue weighted by atomic mass is 32.2. The van der Waals surface area contributed by atoms with Crippen LogP contribution in [0, 0.1) is 17.8 Å². The molecule has 5 heteroatoms. The van der Waals surface area contributed by atoms with E-state index in [4.69, 9.17) is 0 Å². The van der Waals surface area contributed by atoms with Gasteiger partial charge >= 0.3 is 0 Å². The lowest BCUT2D eigenvalue weighted by molar-refractivity contribution is -0.131. The number of hydrogen-bond donors (Lipinski definition) is 2. The van der Waals surface area contributed by atoms with Gasteiger partial charge in [0.25, 0.3) is 0 Å². The van der Waals surface area contributed by atoms with Crippen LogP contribution in [0.4, 0.5) is 0 Å². The second kappa shape index (κ2) is 11.9. The molecule has 1 amide bonds. The van der Waals surface area contributed by atoms with Gasteiger partial charge in [0.2, 0.25) is 5.91 Å². The van der Waals surface area contributed by atoms with E-state index in [1.807, 2.05) is 23.6 Å². The smallest absolute Gasteiger partial charge is 0.223 e. The topological polar surface area (TPSA) is 60.8 Å². The first-order chi connectivity index (χ1) is 14.9. The summed E-state index contributed by atoms with van der Waals surface area (Å²) in [5.41, 5.74) is 0.849. The van der Waals surface area contributed by atoms with Crippen molar-refractivity contribution < 1.29 is 15.0 Å². The molecule has 2 fully saturated rings. The first-order valence-corrected chi connectivity index (χ1v) is 13.7. The minimum Gasteiger partial charge on any atom is -0.392 e. The molecule has 0 spiro atoms. The predicted octanol–water partition coefficient (Wildman–Crippen LogP) is 4.95. The number of aliphatic hydroxyl groups excluding tert-OH is 1. The number of fused-ring (bicyclic) bond motifs is 1. The molecule has 0 unspecified atom stereocenters. The van der Waals surface area contributed by atoms with Gasteiger partial charge in [-0.05, 0) is 63.7 Å². The van der Waals surface area contributed by atoms with Crippen molar-refractivity contribution in [3.05, 3.63) is 23.8 Å². The SMILES string of the molecule is CCCC[C@](C)(O)C/C=C/[C@@H]1[C@H]2CC(CSCCC(=O)N3CCCCC3)=C[C@H]2C[C@H]1O. The highest BCUT2D eigenvalue weighted by Crippen LogP contribution is 2.47. The fraction of sp³-hybridized carbons (Fsp3) is 0.808. The lowest BCUT2D eigenvalue weighted by Gasteiger charge is -2.26. The zero-order valence-corrected chi connectivity index (χ0v) is 20.4. The first-order valence-electron chi connectivity index (χ1n) is 12.5. The highest BCUT2D eigenvalue weighted by Gasteiger charge is 2.43. The molecule has 1 heterocycles. The second-order valence-electron chi connectivity index (χ2n) is 10.2. The molecule has 0 aromatic heterocycles. The van der Waals surface area contributed by atoms with Crippen molar-refractivity contribution >= 4 is 17.7 Å². The summed E-state index contributed by atoms with van der Waals surface area (Å²) in [6, 6.07) is 0. The average Bonchev–Trinajstić information content (AvgIpc) is 3.27. The molecule has 31 heavy (non-hydrogen) atoms. The summed E-state index contributed by atoms with van der Waals surface area (Å²) in [7, 11) is 0. The summed E-state index contributed by atoms with van der Waals surface area (Å²) < 4.78 is 0. The minimum absolute atomic E-state index is 0.200. The molecule has 3 rings (SSSR count). The summed E-state index contributed by atoms with van der Waals surface area (Å²) in [6.07, 6.45) is 16.2. The van der Waals surface area contributed by atoms with Gasteiger partial charge in [-0.15, -0.1) is 0 Å². The molecule has 1 saturated carbocycles.